The van der Waals surface area contributed by atoms with Crippen LogP contribution in [0.4, 0.5) is 0 Å². The fourth-order valence-corrected chi connectivity index (χ4v) is 2.71. The van der Waals surface area contributed by atoms with E-state index in [4.69, 9.17) is 17.3 Å². The van der Waals surface area contributed by atoms with E-state index >= 15 is 0 Å². The van der Waals surface area contributed by atoms with Crippen LogP contribution in [0, 0.1) is 9.49 Å². The normalized spacial score (nSPS) is 18.7. The molecular weight excluding hydrogens is 296 g/mol. The van der Waals surface area contributed by atoms with Crippen molar-refractivity contribution < 1.29 is 0 Å². The Bertz CT molecular complexity index is 323. The van der Waals surface area contributed by atoms with Gasteiger partial charge in [0.2, 0.25) is 0 Å². The molecule has 1 unspecified atom stereocenters. The molecule has 70 valence electrons. The van der Waals surface area contributed by atoms with Crippen molar-refractivity contribution in [1.29, 1.82) is 0 Å². The summed E-state index contributed by atoms with van der Waals surface area (Å²) in [6, 6.07) is 6.15. The molecular formula is C10H11ClIN. The molecule has 2 rings (SSSR count). The highest BCUT2D eigenvalue weighted by molar-refractivity contribution is 14.1. The molecule has 0 saturated heterocycles. The number of nitrogens with two attached hydrogens (primary N) is 1. The van der Waals surface area contributed by atoms with Gasteiger partial charge in [0.15, 0.2) is 0 Å². The standard InChI is InChI=1S/C10H11ClIN/c11-7-3-4-8(9(12)5-7)10(13)6-1-2-6/h3-6,10H,1-2,13H2. The summed E-state index contributed by atoms with van der Waals surface area (Å²) in [6.07, 6.45) is 2.56. The van der Waals surface area contributed by atoms with Crippen molar-refractivity contribution in [1.82, 2.24) is 0 Å². The van der Waals surface area contributed by atoms with Crippen LogP contribution in [0.15, 0.2) is 18.2 Å². The summed E-state index contributed by atoms with van der Waals surface area (Å²) in [4.78, 5) is 0. The predicted molar refractivity (Wildman–Crippen MR) is 63.8 cm³/mol. The monoisotopic (exact) mass is 307 g/mol. The minimum atomic E-state index is 0.212. The highest BCUT2D eigenvalue weighted by Gasteiger charge is 2.30. The van der Waals surface area contributed by atoms with Gasteiger partial charge in [-0.25, -0.2) is 0 Å². The van der Waals surface area contributed by atoms with Gasteiger partial charge >= 0.3 is 0 Å². The maximum atomic E-state index is 6.10. The lowest BCUT2D eigenvalue weighted by Gasteiger charge is -2.12. The first-order valence-corrected chi connectivity index (χ1v) is 5.84. The summed E-state index contributed by atoms with van der Waals surface area (Å²) < 4.78 is 1.18. The zero-order valence-corrected chi connectivity index (χ0v) is 10.0. The van der Waals surface area contributed by atoms with Gasteiger partial charge in [0.25, 0.3) is 0 Å². The van der Waals surface area contributed by atoms with Crippen LogP contribution in [0.3, 0.4) is 0 Å². The Kier molecular flexibility index (Phi) is 2.81. The maximum absolute atomic E-state index is 6.10. The Morgan fingerprint density at radius 1 is 1.46 bits per heavy atom. The minimum Gasteiger partial charge on any atom is -0.324 e. The van der Waals surface area contributed by atoms with E-state index in [1.54, 1.807) is 0 Å². The Labute approximate surface area is 96.8 Å². The lowest BCUT2D eigenvalue weighted by atomic mass is 10.0. The topological polar surface area (TPSA) is 26.0 Å². The van der Waals surface area contributed by atoms with E-state index in [0.717, 1.165) is 5.02 Å². The quantitative estimate of drug-likeness (QED) is 0.833. The molecule has 0 radical (unpaired) electrons. The van der Waals surface area contributed by atoms with E-state index in [2.05, 4.69) is 22.6 Å². The molecule has 0 aliphatic heterocycles. The number of benzene rings is 1. The van der Waals surface area contributed by atoms with Crippen molar-refractivity contribution in [2.45, 2.75) is 18.9 Å². The number of halogens is 2. The molecule has 1 aliphatic carbocycles. The second-order valence-corrected chi connectivity index (χ2v) is 5.13. The van der Waals surface area contributed by atoms with Crippen LogP contribution in [-0.4, -0.2) is 0 Å². The second-order valence-electron chi connectivity index (χ2n) is 3.53. The van der Waals surface area contributed by atoms with Crippen LogP contribution >= 0.6 is 34.2 Å². The lowest BCUT2D eigenvalue weighted by Crippen LogP contribution is -2.13. The van der Waals surface area contributed by atoms with Crippen LogP contribution in [-0.2, 0) is 0 Å². The molecule has 2 N–H and O–H groups in total. The molecule has 1 aromatic rings. The molecule has 13 heavy (non-hydrogen) atoms. The lowest BCUT2D eigenvalue weighted by molar-refractivity contribution is 0.630. The fourth-order valence-electron chi connectivity index (χ4n) is 1.48. The fraction of sp³-hybridized carbons (Fsp3) is 0.400. The Hall–Kier alpha value is 0.200. The van der Waals surface area contributed by atoms with Crippen LogP contribution < -0.4 is 5.73 Å². The highest BCUT2D eigenvalue weighted by Crippen LogP contribution is 2.40. The second kappa shape index (κ2) is 3.75. The third kappa shape index (κ3) is 2.17. The van der Waals surface area contributed by atoms with Crippen molar-refractivity contribution in [3.63, 3.8) is 0 Å². The predicted octanol–water partition coefficient (Wildman–Crippen LogP) is 3.35. The van der Waals surface area contributed by atoms with Gasteiger partial charge in [-0.05, 0) is 59.0 Å². The number of hydrogen-bond acceptors (Lipinski definition) is 1. The molecule has 1 saturated carbocycles. The van der Waals surface area contributed by atoms with E-state index < -0.39 is 0 Å². The molecule has 1 aliphatic rings. The van der Waals surface area contributed by atoms with E-state index in [-0.39, 0.29) is 6.04 Å². The van der Waals surface area contributed by atoms with Gasteiger partial charge in [-0.1, -0.05) is 17.7 Å². The molecule has 0 bridgehead atoms. The van der Waals surface area contributed by atoms with Crippen molar-refractivity contribution in [2.24, 2.45) is 11.7 Å². The summed E-state index contributed by atoms with van der Waals surface area (Å²) in [5, 5.41) is 0.788. The molecule has 1 aromatic carbocycles. The van der Waals surface area contributed by atoms with Gasteiger partial charge in [0.1, 0.15) is 0 Å². The van der Waals surface area contributed by atoms with Crippen LogP contribution in [0.5, 0.6) is 0 Å². The summed E-state index contributed by atoms with van der Waals surface area (Å²) in [5.41, 5.74) is 7.35. The first-order chi connectivity index (χ1) is 6.18. The molecule has 0 spiro atoms. The summed E-state index contributed by atoms with van der Waals surface area (Å²) in [5.74, 6) is 0.703. The summed E-state index contributed by atoms with van der Waals surface area (Å²) in [6.45, 7) is 0. The Morgan fingerprint density at radius 3 is 2.69 bits per heavy atom. The summed E-state index contributed by atoms with van der Waals surface area (Å²) in [7, 11) is 0. The van der Waals surface area contributed by atoms with Crippen molar-refractivity contribution in [3.05, 3.63) is 32.4 Å². The van der Waals surface area contributed by atoms with Gasteiger partial charge in [0, 0.05) is 14.6 Å². The van der Waals surface area contributed by atoms with Crippen molar-refractivity contribution >= 4 is 34.2 Å². The van der Waals surface area contributed by atoms with Gasteiger partial charge in [0.05, 0.1) is 0 Å². The SMILES string of the molecule is NC(c1ccc(Cl)cc1I)C1CC1. The van der Waals surface area contributed by atoms with Crippen LogP contribution in [0.2, 0.25) is 5.02 Å². The molecule has 1 nitrogen and oxygen atoms in total. The average Bonchev–Trinajstić information content (AvgIpc) is 2.85. The Balaban J connectivity index is 2.28. The largest absolute Gasteiger partial charge is 0.324 e. The molecule has 0 heterocycles. The van der Waals surface area contributed by atoms with Crippen molar-refractivity contribution in [3.8, 4) is 0 Å². The van der Waals surface area contributed by atoms with Crippen LogP contribution in [0.1, 0.15) is 24.4 Å². The zero-order valence-electron chi connectivity index (χ0n) is 7.13. The van der Waals surface area contributed by atoms with Crippen LogP contribution in [0.25, 0.3) is 0 Å². The van der Waals surface area contributed by atoms with Gasteiger partial charge in [-0.15, -0.1) is 0 Å². The smallest absolute Gasteiger partial charge is 0.0416 e. The van der Waals surface area contributed by atoms with E-state index in [1.165, 1.54) is 22.0 Å². The van der Waals surface area contributed by atoms with Gasteiger partial charge < -0.3 is 5.73 Å². The highest BCUT2D eigenvalue weighted by atomic mass is 127. The maximum Gasteiger partial charge on any atom is 0.0416 e. The number of rotatable bonds is 2. The van der Waals surface area contributed by atoms with Gasteiger partial charge in [-0.2, -0.15) is 0 Å². The first-order valence-electron chi connectivity index (χ1n) is 4.39. The van der Waals surface area contributed by atoms with Crippen molar-refractivity contribution in [2.75, 3.05) is 0 Å². The Morgan fingerprint density at radius 2 is 2.15 bits per heavy atom. The van der Waals surface area contributed by atoms with E-state index in [1.807, 2.05) is 18.2 Å². The molecule has 0 amide bonds. The first kappa shape index (κ1) is 9.74. The minimum absolute atomic E-state index is 0.212. The average molecular weight is 308 g/mol. The third-order valence-electron chi connectivity index (χ3n) is 2.45. The molecule has 1 fully saturated rings. The molecule has 1 atom stereocenters. The summed E-state index contributed by atoms with van der Waals surface area (Å²) >= 11 is 8.17. The third-order valence-corrected chi connectivity index (χ3v) is 3.62. The zero-order chi connectivity index (χ0) is 9.42. The van der Waals surface area contributed by atoms with E-state index in [0.29, 0.717) is 5.92 Å². The number of hydrogen-bond donors (Lipinski definition) is 1. The van der Waals surface area contributed by atoms with E-state index in [9.17, 15) is 0 Å². The molecule has 0 aromatic heterocycles. The molecule has 3 heteroatoms. The van der Waals surface area contributed by atoms with Gasteiger partial charge in [-0.3, -0.25) is 0 Å².